The molecule has 0 radical (unpaired) electrons. The summed E-state index contributed by atoms with van der Waals surface area (Å²) in [5.74, 6) is 0. The number of hydrogen-bond acceptors (Lipinski definition) is 1. The quantitative estimate of drug-likeness (QED) is 0.170. The summed E-state index contributed by atoms with van der Waals surface area (Å²) in [4.78, 5) is 0. The fraction of sp³-hybridized carbons (Fsp3) is 0.0638. The molecule has 1 heterocycles. The molecule has 0 N–H and O–H groups in total. The van der Waals surface area contributed by atoms with Crippen LogP contribution in [0.2, 0.25) is 0 Å². The van der Waals surface area contributed by atoms with Crippen molar-refractivity contribution < 1.29 is 6.85 Å². The highest BCUT2D eigenvalue weighted by Gasteiger charge is 2.35. The third kappa shape index (κ3) is 3.95. The second kappa shape index (κ2) is 10.2. The van der Waals surface area contributed by atoms with E-state index in [1.54, 1.807) is 0 Å². The van der Waals surface area contributed by atoms with Crippen LogP contribution in [0.25, 0.3) is 86.2 Å². The molecule has 8 aromatic carbocycles. The summed E-state index contributed by atoms with van der Waals surface area (Å²) < 4.78 is 45.4. The second-order valence-electron chi connectivity index (χ2n) is 13.3. The molecule has 1 aliphatic carbocycles. The monoisotopic (exact) mass is 633 g/mol. The molecule has 48 heavy (non-hydrogen) atoms. The van der Waals surface area contributed by atoms with Gasteiger partial charge in [-0.25, -0.2) is 0 Å². The van der Waals surface area contributed by atoms with Crippen molar-refractivity contribution in [1.82, 2.24) is 0 Å². The lowest BCUT2D eigenvalue weighted by atomic mass is 9.82. The molecule has 0 unspecified atom stereocenters. The maximum absolute atomic E-state index is 8.87. The molecule has 1 aromatic heterocycles. The van der Waals surface area contributed by atoms with Gasteiger partial charge in [-0.3, -0.25) is 0 Å². The predicted octanol–water partition coefficient (Wildman–Crippen LogP) is 13.7. The minimum atomic E-state index is -0.391. The highest BCUT2D eigenvalue weighted by molar-refractivity contribution is 7.25. The van der Waals surface area contributed by atoms with Gasteiger partial charge in [0.25, 0.3) is 0 Å². The van der Waals surface area contributed by atoms with Gasteiger partial charge < -0.3 is 0 Å². The summed E-state index contributed by atoms with van der Waals surface area (Å²) in [5, 5.41) is 6.19. The minimum absolute atomic E-state index is 0.0456. The Morgan fingerprint density at radius 3 is 1.77 bits per heavy atom. The summed E-state index contributed by atoms with van der Waals surface area (Å²) >= 11 is 1.85. The van der Waals surface area contributed by atoms with Crippen molar-refractivity contribution in [3.63, 3.8) is 0 Å². The molecule has 0 nitrogen and oxygen atoms in total. The van der Waals surface area contributed by atoms with Crippen LogP contribution in [-0.4, -0.2) is 0 Å². The van der Waals surface area contributed by atoms with Gasteiger partial charge in [0.15, 0.2) is 0 Å². The van der Waals surface area contributed by atoms with Gasteiger partial charge in [-0.2, -0.15) is 0 Å². The number of hydrogen-bond donors (Lipinski definition) is 0. The van der Waals surface area contributed by atoms with Crippen LogP contribution in [0.4, 0.5) is 0 Å². The van der Waals surface area contributed by atoms with Gasteiger partial charge in [0, 0.05) is 25.6 Å². The SMILES string of the molecule is [2H]c1c([2H])c([2H])c(-c2c3ccccc3c(-c3cccc(-c4ccc5c(c4)sc4cc6c(cc45)C(C)(C)c4ccccc4-6)c3)c3ccccc23)c([2H])c1[2H]. The molecule has 0 saturated carbocycles. The Kier molecular flexibility index (Phi) is 4.90. The maximum Gasteiger partial charge on any atom is 0.0629 e. The number of thiophene rings is 1. The molecule has 0 spiro atoms. The van der Waals surface area contributed by atoms with Gasteiger partial charge >= 0.3 is 0 Å². The first kappa shape index (κ1) is 22.9. The van der Waals surface area contributed by atoms with E-state index >= 15 is 0 Å². The fourth-order valence-electron chi connectivity index (χ4n) is 8.09. The largest absolute Gasteiger partial charge is 0.135 e. The Balaban J connectivity index is 1.15. The number of fused-ring (bicyclic) bond motifs is 8. The first-order chi connectivity index (χ1) is 25.6. The van der Waals surface area contributed by atoms with Crippen molar-refractivity contribution >= 4 is 53.1 Å². The molecule has 0 fully saturated rings. The first-order valence-electron chi connectivity index (χ1n) is 18.9. The lowest BCUT2D eigenvalue weighted by Crippen LogP contribution is -2.14. The summed E-state index contributed by atoms with van der Waals surface area (Å²) in [7, 11) is 0. The smallest absolute Gasteiger partial charge is 0.0629 e. The van der Waals surface area contributed by atoms with Gasteiger partial charge in [0.1, 0.15) is 0 Å². The lowest BCUT2D eigenvalue weighted by Gasteiger charge is -2.21. The van der Waals surface area contributed by atoms with E-state index < -0.39 is 6.04 Å². The standard InChI is InChI=1S/C47H32S/c1-47(2)41-22-11-10-17-33(41)39-28-44-40(27-42(39)47)34-24-23-31(26-43(34)48-44)30-15-12-16-32(25-30)46-37-20-8-6-18-35(37)45(29-13-4-3-5-14-29)36-19-7-9-21-38(36)46/h3-28H,1-2H3/i3D,4D,5D,13D,14D. The summed E-state index contributed by atoms with van der Waals surface area (Å²) in [6.45, 7) is 4.66. The Bertz CT molecular complexity index is 2960. The Morgan fingerprint density at radius 2 is 1.04 bits per heavy atom. The van der Waals surface area contributed by atoms with Crippen LogP contribution < -0.4 is 0 Å². The third-order valence-corrected chi connectivity index (χ3v) is 11.5. The fourth-order valence-corrected chi connectivity index (χ4v) is 9.25. The Labute approximate surface area is 291 Å². The molecular weight excluding hydrogens is 597 g/mol. The van der Waals surface area contributed by atoms with Crippen LogP contribution in [0.1, 0.15) is 31.8 Å². The Morgan fingerprint density at radius 1 is 0.438 bits per heavy atom. The van der Waals surface area contributed by atoms with E-state index in [1.807, 2.05) is 47.7 Å². The summed E-state index contributed by atoms with van der Waals surface area (Å²) in [6.07, 6.45) is 0. The Hall–Kier alpha value is -5.50. The van der Waals surface area contributed by atoms with Gasteiger partial charge in [0.05, 0.1) is 6.85 Å². The average molecular weight is 634 g/mol. The third-order valence-electron chi connectivity index (χ3n) is 10.3. The maximum atomic E-state index is 8.87. The van der Waals surface area contributed by atoms with Crippen LogP contribution in [0.15, 0.2) is 158 Å². The van der Waals surface area contributed by atoms with Crippen LogP contribution in [0, 0.1) is 0 Å². The number of rotatable bonds is 3. The van der Waals surface area contributed by atoms with Gasteiger partial charge in [0.2, 0.25) is 0 Å². The number of benzene rings is 8. The molecule has 0 bridgehead atoms. The molecule has 9 aromatic rings. The molecule has 0 saturated heterocycles. The van der Waals surface area contributed by atoms with E-state index in [2.05, 4.69) is 105 Å². The van der Waals surface area contributed by atoms with E-state index in [0.29, 0.717) is 5.56 Å². The zero-order valence-corrected chi connectivity index (χ0v) is 27.3. The van der Waals surface area contributed by atoms with Crippen molar-refractivity contribution in [1.29, 1.82) is 0 Å². The normalized spacial score (nSPS) is 14.8. The van der Waals surface area contributed by atoms with Gasteiger partial charge in [-0.1, -0.05) is 147 Å². The minimum Gasteiger partial charge on any atom is -0.135 e. The van der Waals surface area contributed by atoms with Gasteiger partial charge in [-0.15, -0.1) is 11.3 Å². The van der Waals surface area contributed by atoms with Crippen molar-refractivity contribution in [2.24, 2.45) is 0 Å². The molecular formula is C47H32S. The van der Waals surface area contributed by atoms with E-state index in [4.69, 9.17) is 6.85 Å². The van der Waals surface area contributed by atoms with Gasteiger partial charge in [-0.05, 0) is 101 Å². The van der Waals surface area contributed by atoms with Crippen molar-refractivity contribution in [2.75, 3.05) is 0 Å². The molecule has 0 amide bonds. The molecule has 0 atom stereocenters. The zero-order chi connectivity index (χ0) is 36.3. The van der Waals surface area contributed by atoms with E-state index in [0.717, 1.165) is 43.8 Å². The van der Waals surface area contributed by atoms with Crippen LogP contribution >= 0.6 is 11.3 Å². The zero-order valence-electron chi connectivity index (χ0n) is 31.5. The topological polar surface area (TPSA) is 0 Å². The van der Waals surface area contributed by atoms with Crippen LogP contribution in [0.3, 0.4) is 0 Å². The van der Waals surface area contributed by atoms with Crippen LogP contribution in [0.5, 0.6) is 0 Å². The highest BCUT2D eigenvalue weighted by Crippen LogP contribution is 2.52. The summed E-state index contributed by atoms with van der Waals surface area (Å²) in [6, 6.07) is 43.7. The predicted molar refractivity (Wildman–Crippen MR) is 208 cm³/mol. The lowest BCUT2D eigenvalue weighted by molar-refractivity contribution is 0.661. The van der Waals surface area contributed by atoms with Crippen molar-refractivity contribution in [3.05, 3.63) is 169 Å². The van der Waals surface area contributed by atoms with E-state index in [-0.39, 0.29) is 35.1 Å². The average Bonchev–Trinajstić information content (AvgIpc) is 3.65. The van der Waals surface area contributed by atoms with E-state index in [9.17, 15) is 0 Å². The second-order valence-corrected chi connectivity index (χ2v) is 14.4. The van der Waals surface area contributed by atoms with Crippen molar-refractivity contribution in [3.8, 4) is 44.5 Å². The molecule has 1 aliphatic rings. The molecule has 0 aliphatic heterocycles. The van der Waals surface area contributed by atoms with Crippen LogP contribution in [-0.2, 0) is 5.41 Å². The molecule has 226 valence electrons. The first-order valence-corrected chi connectivity index (χ1v) is 17.2. The molecule has 10 rings (SSSR count). The van der Waals surface area contributed by atoms with E-state index in [1.165, 1.54) is 42.4 Å². The summed E-state index contributed by atoms with van der Waals surface area (Å²) in [5.41, 5.74) is 10.7. The highest BCUT2D eigenvalue weighted by atomic mass is 32.1. The van der Waals surface area contributed by atoms with Crippen molar-refractivity contribution in [2.45, 2.75) is 19.3 Å². The molecule has 1 heteroatoms.